The van der Waals surface area contributed by atoms with Gasteiger partial charge in [-0.1, -0.05) is 6.07 Å². The van der Waals surface area contributed by atoms with Gasteiger partial charge in [-0.2, -0.15) is 0 Å². The number of hydrogen-bond donors (Lipinski definition) is 2. The van der Waals surface area contributed by atoms with E-state index in [2.05, 4.69) is 10.6 Å². The lowest BCUT2D eigenvalue weighted by molar-refractivity contribution is 0.206. The van der Waals surface area contributed by atoms with Crippen LogP contribution in [0.15, 0.2) is 24.3 Å². The molecule has 2 N–H and O–H groups in total. The van der Waals surface area contributed by atoms with Gasteiger partial charge in [0.25, 0.3) is 0 Å². The standard InChI is InChI=1S/C13H16FN3O/c14-10-2-1-3-11(6-10)16-13(18)17-5-4-9-7-15-8-12(9)17/h1-3,6,9,12,15H,4-5,7-8H2,(H,16,18)/t9-,12+/m0/s1. The lowest BCUT2D eigenvalue weighted by Gasteiger charge is -2.23. The maximum absolute atomic E-state index is 13.0. The van der Waals surface area contributed by atoms with Crippen molar-refractivity contribution in [2.24, 2.45) is 5.92 Å². The van der Waals surface area contributed by atoms with Crippen molar-refractivity contribution in [3.63, 3.8) is 0 Å². The summed E-state index contributed by atoms with van der Waals surface area (Å²) >= 11 is 0. The fourth-order valence-corrected chi connectivity index (χ4v) is 2.86. The van der Waals surface area contributed by atoms with E-state index in [9.17, 15) is 9.18 Å². The zero-order chi connectivity index (χ0) is 12.5. The van der Waals surface area contributed by atoms with Crippen LogP contribution in [0.5, 0.6) is 0 Å². The molecule has 0 aromatic heterocycles. The van der Waals surface area contributed by atoms with E-state index < -0.39 is 0 Å². The zero-order valence-electron chi connectivity index (χ0n) is 10.0. The van der Waals surface area contributed by atoms with E-state index in [-0.39, 0.29) is 11.8 Å². The van der Waals surface area contributed by atoms with E-state index in [0.717, 1.165) is 26.1 Å². The second-order valence-electron chi connectivity index (χ2n) is 4.91. The van der Waals surface area contributed by atoms with Crippen molar-refractivity contribution in [1.82, 2.24) is 10.2 Å². The largest absolute Gasteiger partial charge is 0.322 e. The molecule has 2 saturated heterocycles. The number of likely N-dealkylation sites (tertiary alicyclic amines) is 1. The van der Waals surface area contributed by atoms with Crippen molar-refractivity contribution in [2.45, 2.75) is 12.5 Å². The Bertz CT molecular complexity index is 465. The van der Waals surface area contributed by atoms with Gasteiger partial charge in [0.05, 0.1) is 0 Å². The minimum atomic E-state index is -0.338. The molecule has 0 aliphatic carbocycles. The van der Waals surface area contributed by atoms with Crippen LogP contribution in [-0.4, -0.2) is 36.6 Å². The average Bonchev–Trinajstić information content (AvgIpc) is 2.89. The van der Waals surface area contributed by atoms with Gasteiger partial charge in [-0.15, -0.1) is 0 Å². The van der Waals surface area contributed by atoms with Gasteiger partial charge in [0, 0.05) is 31.4 Å². The maximum atomic E-state index is 13.0. The fraction of sp³-hybridized carbons (Fsp3) is 0.462. The highest BCUT2D eigenvalue weighted by molar-refractivity contribution is 5.89. The van der Waals surface area contributed by atoms with Crippen LogP contribution in [0.4, 0.5) is 14.9 Å². The molecule has 0 unspecified atom stereocenters. The van der Waals surface area contributed by atoms with Crippen molar-refractivity contribution in [3.8, 4) is 0 Å². The topological polar surface area (TPSA) is 44.4 Å². The molecule has 1 aromatic carbocycles. The predicted octanol–water partition coefficient (Wildman–Crippen LogP) is 1.65. The van der Waals surface area contributed by atoms with Gasteiger partial charge < -0.3 is 15.5 Å². The lowest BCUT2D eigenvalue weighted by Crippen LogP contribution is -2.41. The first kappa shape index (κ1) is 11.5. The SMILES string of the molecule is O=C(Nc1cccc(F)c1)N1CC[C@H]2CNC[C@H]21. The molecule has 3 rings (SSSR count). The van der Waals surface area contributed by atoms with E-state index in [1.165, 1.54) is 12.1 Å². The van der Waals surface area contributed by atoms with Crippen LogP contribution in [-0.2, 0) is 0 Å². The predicted molar refractivity (Wildman–Crippen MR) is 66.9 cm³/mol. The van der Waals surface area contributed by atoms with E-state index in [1.807, 2.05) is 4.90 Å². The molecule has 2 aliphatic heterocycles. The summed E-state index contributed by atoms with van der Waals surface area (Å²) in [5, 5.41) is 6.06. The molecule has 2 fully saturated rings. The first-order valence-electron chi connectivity index (χ1n) is 6.28. The van der Waals surface area contributed by atoms with Gasteiger partial charge in [-0.25, -0.2) is 9.18 Å². The van der Waals surface area contributed by atoms with Gasteiger partial charge in [0.2, 0.25) is 0 Å². The molecule has 0 bridgehead atoms. The molecular weight excluding hydrogens is 233 g/mol. The van der Waals surface area contributed by atoms with Gasteiger partial charge in [-0.05, 0) is 30.5 Å². The summed E-state index contributed by atoms with van der Waals surface area (Å²) in [5.74, 6) is 0.234. The summed E-state index contributed by atoms with van der Waals surface area (Å²) in [6, 6.07) is 6.15. The highest BCUT2D eigenvalue weighted by Crippen LogP contribution is 2.27. The lowest BCUT2D eigenvalue weighted by atomic mass is 10.1. The van der Waals surface area contributed by atoms with Crippen molar-refractivity contribution in [2.75, 3.05) is 25.0 Å². The molecule has 0 radical (unpaired) electrons. The third-order valence-electron chi connectivity index (χ3n) is 3.78. The summed E-state index contributed by atoms with van der Waals surface area (Å²) in [4.78, 5) is 14.0. The molecule has 1 aromatic rings. The fourth-order valence-electron chi connectivity index (χ4n) is 2.86. The smallest absolute Gasteiger partial charge is 0.320 e. The second kappa shape index (κ2) is 4.57. The van der Waals surface area contributed by atoms with Crippen LogP contribution in [0.2, 0.25) is 0 Å². The Morgan fingerprint density at radius 3 is 3.17 bits per heavy atom. The third kappa shape index (κ3) is 2.06. The van der Waals surface area contributed by atoms with E-state index in [4.69, 9.17) is 0 Å². The molecular formula is C13H16FN3O. The number of urea groups is 1. The minimum absolute atomic E-state index is 0.128. The van der Waals surface area contributed by atoms with Crippen LogP contribution < -0.4 is 10.6 Å². The maximum Gasteiger partial charge on any atom is 0.322 e. The second-order valence-corrected chi connectivity index (χ2v) is 4.91. The minimum Gasteiger partial charge on any atom is -0.320 e. The Kier molecular flexibility index (Phi) is 2.91. The average molecular weight is 249 g/mol. The van der Waals surface area contributed by atoms with Crippen molar-refractivity contribution in [1.29, 1.82) is 0 Å². The number of anilines is 1. The van der Waals surface area contributed by atoms with E-state index in [0.29, 0.717) is 17.6 Å². The van der Waals surface area contributed by atoms with Crippen molar-refractivity contribution < 1.29 is 9.18 Å². The van der Waals surface area contributed by atoms with Gasteiger partial charge in [-0.3, -0.25) is 0 Å². The Morgan fingerprint density at radius 2 is 2.33 bits per heavy atom. The number of rotatable bonds is 1. The quantitative estimate of drug-likeness (QED) is 0.795. The molecule has 2 amide bonds. The molecule has 0 saturated carbocycles. The number of benzene rings is 1. The molecule has 96 valence electrons. The van der Waals surface area contributed by atoms with Gasteiger partial charge in [0.1, 0.15) is 5.82 Å². The van der Waals surface area contributed by atoms with Gasteiger partial charge in [0.15, 0.2) is 0 Å². The molecule has 5 heteroatoms. The molecule has 2 heterocycles. The van der Waals surface area contributed by atoms with Crippen LogP contribution in [0, 0.1) is 11.7 Å². The molecule has 2 aliphatic rings. The highest BCUT2D eigenvalue weighted by Gasteiger charge is 2.39. The molecule has 2 atom stereocenters. The molecule has 0 spiro atoms. The van der Waals surface area contributed by atoms with Crippen LogP contribution in [0.1, 0.15) is 6.42 Å². The molecule has 4 nitrogen and oxygen atoms in total. The Labute approximate surface area is 105 Å². The van der Waals surface area contributed by atoms with E-state index >= 15 is 0 Å². The summed E-state index contributed by atoms with van der Waals surface area (Å²) in [7, 11) is 0. The van der Waals surface area contributed by atoms with Crippen LogP contribution in [0.25, 0.3) is 0 Å². The molecule has 18 heavy (non-hydrogen) atoms. The Hall–Kier alpha value is -1.62. The Morgan fingerprint density at radius 1 is 1.44 bits per heavy atom. The van der Waals surface area contributed by atoms with Crippen molar-refractivity contribution in [3.05, 3.63) is 30.1 Å². The van der Waals surface area contributed by atoms with Crippen LogP contribution >= 0.6 is 0 Å². The number of nitrogens with zero attached hydrogens (tertiary/aromatic N) is 1. The van der Waals surface area contributed by atoms with Crippen molar-refractivity contribution >= 4 is 11.7 Å². The summed E-state index contributed by atoms with van der Waals surface area (Å²) < 4.78 is 13.0. The van der Waals surface area contributed by atoms with Crippen LogP contribution in [0.3, 0.4) is 0 Å². The summed E-state index contributed by atoms with van der Waals surface area (Å²) in [6.07, 6.45) is 1.05. The first-order valence-corrected chi connectivity index (χ1v) is 6.28. The van der Waals surface area contributed by atoms with E-state index in [1.54, 1.807) is 12.1 Å². The number of carbonyl (C=O) groups is 1. The number of nitrogens with one attached hydrogen (secondary N) is 2. The monoisotopic (exact) mass is 249 g/mol. The van der Waals surface area contributed by atoms with Gasteiger partial charge >= 0.3 is 6.03 Å². The number of halogens is 1. The summed E-state index contributed by atoms with van der Waals surface area (Å²) in [5.41, 5.74) is 0.509. The number of fused-ring (bicyclic) bond motifs is 1. The number of carbonyl (C=O) groups excluding carboxylic acids is 1. The number of amides is 2. The zero-order valence-corrected chi connectivity index (χ0v) is 10.0. The highest BCUT2D eigenvalue weighted by atomic mass is 19.1. The number of hydrogen-bond acceptors (Lipinski definition) is 2. The summed E-state index contributed by atoms with van der Waals surface area (Å²) in [6.45, 7) is 2.65. The third-order valence-corrected chi connectivity index (χ3v) is 3.78. The first-order chi connectivity index (χ1) is 8.74. The Balaban J connectivity index is 1.68. The normalized spacial score (nSPS) is 26.2.